The van der Waals surface area contributed by atoms with E-state index in [9.17, 15) is 9.59 Å². The lowest BCUT2D eigenvalue weighted by Crippen LogP contribution is -2.42. The standard InChI is InChI=1S/C23H29NO3S2/c1-28-21-15-17-11-8-12-18(22(17)29-21)23(27)24-19-13-7-6-10-16(19)9-4-2-3-5-14-20(25)26/h2,4,8,11-12,15-16,19H,3,5-7,9-10,13-14H2,1H3,(H,24,27)(H,25,26)/b4-2-. The number of thiophene rings is 1. The number of benzene rings is 1. The highest BCUT2D eigenvalue weighted by Crippen LogP contribution is 2.34. The largest absolute Gasteiger partial charge is 0.481 e. The second-order valence-electron chi connectivity index (χ2n) is 7.61. The van der Waals surface area contributed by atoms with Gasteiger partial charge >= 0.3 is 5.97 Å². The molecule has 1 aromatic heterocycles. The molecule has 1 saturated carbocycles. The van der Waals surface area contributed by atoms with Crippen LogP contribution >= 0.6 is 23.1 Å². The van der Waals surface area contributed by atoms with Crippen LogP contribution in [0.5, 0.6) is 0 Å². The van der Waals surface area contributed by atoms with Crippen LogP contribution in [0.1, 0.15) is 61.7 Å². The van der Waals surface area contributed by atoms with Gasteiger partial charge in [0.15, 0.2) is 0 Å². The molecule has 0 bridgehead atoms. The zero-order valence-electron chi connectivity index (χ0n) is 16.9. The summed E-state index contributed by atoms with van der Waals surface area (Å²) in [5, 5.41) is 13.2. The van der Waals surface area contributed by atoms with Crippen LogP contribution in [0.2, 0.25) is 0 Å². The van der Waals surface area contributed by atoms with Gasteiger partial charge in [-0.25, -0.2) is 0 Å². The van der Waals surface area contributed by atoms with Crippen molar-refractivity contribution in [2.45, 2.75) is 61.6 Å². The summed E-state index contributed by atoms with van der Waals surface area (Å²) >= 11 is 3.40. The van der Waals surface area contributed by atoms with E-state index in [0.29, 0.717) is 12.3 Å². The summed E-state index contributed by atoms with van der Waals surface area (Å²) in [4.78, 5) is 23.6. The molecule has 1 aliphatic rings. The number of nitrogens with one attached hydrogen (secondary N) is 1. The lowest BCUT2D eigenvalue weighted by molar-refractivity contribution is -0.137. The number of carbonyl (C=O) groups is 2. The quantitative estimate of drug-likeness (QED) is 0.285. The van der Waals surface area contributed by atoms with Crippen LogP contribution in [0.4, 0.5) is 0 Å². The van der Waals surface area contributed by atoms with Crippen LogP contribution in [0.25, 0.3) is 10.1 Å². The molecule has 2 unspecified atom stereocenters. The monoisotopic (exact) mass is 431 g/mol. The third-order valence-electron chi connectivity index (χ3n) is 5.56. The number of rotatable bonds is 9. The molecule has 2 atom stereocenters. The Hall–Kier alpha value is -1.79. The molecule has 0 radical (unpaired) electrons. The molecule has 2 aromatic rings. The van der Waals surface area contributed by atoms with Gasteiger partial charge in [-0.3, -0.25) is 9.59 Å². The minimum atomic E-state index is -0.737. The molecule has 0 spiro atoms. The number of carbonyl (C=O) groups excluding carboxylic acids is 1. The zero-order chi connectivity index (χ0) is 20.6. The first-order valence-corrected chi connectivity index (χ1v) is 12.4. The van der Waals surface area contributed by atoms with E-state index >= 15 is 0 Å². The van der Waals surface area contributed by atoms with Gasteiger partial charge in [0.1, 0.15) is 0 Å². The van der Waals surface area contributed by atoms with Gasteiger partial charge in [0, 0.05) is 17.2 Å². The first-order valence-electron chi connectivity index (χ1n) is 10.3. The van der Waals surface area contributed by atoms with Crippen molar-refractivity contribution in [1.29, 1.82) is 0 Å². The SMILES string of the molecule is CSc1cc2cccc(C(=O)NC3CCCCC3C/C=C\CCCC(=O)O)c2s1. The van der Waals surface area contributed by atoms with Gasteiger partial charge in [-0.2, -0.15) is 0 Å². The minimum Gasteiger partial charge on any atom is -0.481 e. The fourth-order valence-corrected chi connectivity index (χ4v) is 5.74. The van der Waals surface area contributed by atoms with Crippen molar-refractivity contribution in [3.8, 4) is 0 Å². The van der Waals surface area contributed by atoms with Crippen LogP contribution < -0.4 is 5.32 Å². The maximum atomic E-state index is 13.1. The Balaban J connectivity index is 1.61. The maximum Gasteiger partial charge on any atom is 0.303 e. The summed E-state index contributed by atoms with van der Waals surface area (Å²) in [6.45, 7) is 0. The number of hydrogen-bond donors (Lipinski definition) is 2. The fourth-order valence-electron chi connectivity index (χ4n) is 4.00. The highest BCUT2D eigenvalue weighted by atomic mass is 32.2. The second-order valence-corrected chi connectivity index (χ2v) is 9.77. The van der Waals surface area contributed by atoms with Crippen molar-refractivity contribution >= 4 is 45.1 Å². The number of thioether (sulfide) groups is 1. The first kappa shape index (κ1) is 21.9. The number of hydrogen-bond acceptors (Lipinski definition) is 4. The van der Waals surface area contributed by atoms with Crippen molar-refractivity contribution in [3.05, 3.63) is 42.0 Å². The van der Waals surface area contributed by atoms with E-state index in [1.54, 1.807) is 23.1 Å². The maximum absolute atomic E-state index is 13.1. The molecule has 1 amide bonds. The molecule has 1 heterocycles. The highest BCUT2D eigenvalue weighted by molar-refractivity contribution is 8.00. The van der Waals surface area contributed by atoms with Crippen LogP contribution in [-0.4, -0.2) is 29.3 Å². The highest BCUT2D eigenvalue weighted by Gasteiger charge is 2.26. The summed E-state index contributed by atoms with van der Waals surface area (Å²) in [5.41, 5.74) is 0.779. The van der Waals surface area contributed by atoms with E-state index in [0.717, 1.165) is 47.8 Å². The molecule has 29 heavy (non-hydrogen) atoms. The number of unbranched alkanes of at least 4 members (excludes halogenated alkanes) is 1. The Kier molecular flexibility index (Phi) is 8.19. The van der Waals surface area contributed by atoms with E-state index in [2.05, 4.69) is 35.9 Å². The normalized spacial score (nSPS) is 19.6. The van der Waals surface area contributed by atoms with E-state index in [1.165, 1.54) is 10.6 Å². The van der Waals surface area contributed by atoms with Crippen molar-refractivity contribution in [1.82, 2.24) is 5.32 Å². The van der Waals surface area contributed by atoms with Gasteiger partial charge in [0.05, 0.1) is 9.77 Å². The molecule has 4 nitrogen and oxygen atoms in total. The fraction of sp³-hybridized carbons (Fsp3) is 0.478. The van der Waals surface area contributed by atoms with Crippen molar-refractivity contribution in [2.75, 3.05) is 6.26 Å². The second kappa shape index (κ2) is 10.8. The van der Waals surface area contributed by atoms with Crippen LogP contribution in [0.15, 0.2) is 40.6 Å². The smallest absolute Gasteiger partial charge is 0.303 e. The molecule has 6 heteroatoms. The molecule has 0 saturated heterocycles. The summed E-state index contributed by atoms with van der Waals surface area (Å²) < 4.78 is 2.30. The number of allylic oxidation sites excluding steroid dienone is 2. The lowest BCUT2D eigenvalue weighted by atomic mass is 9.82. The van der Waals surface area contributed by atoms with Gasteiger partial charge in [-0.1, -0.05) is 37.1 Å². The van der Waals surface area contributed by atoms with Crippen molar-refractivity contribution in [2.24, 2.45) is 5.92 Å². The van der Waals surface area contributed by atoms with Crippen LogP contribution in [0, 0.1) is 5.92 Å². The molecular weight excluding hydrogens is 402 g/mol. The average Bonchev–Trinajstić information content (AvgIpc) is 3.15. The predicted octanol–water partition coefficient (Wildman–Crippen LogP) is 6.11. The third-order valence-corrected chi connectivity index (χ3v) is 7.81. The Morgan fingerprint density at radius 2 is 2.10 bits per heavy atom. The van der Waals surface area contributed by atoms with E-state index in [-0.39, 0.29) is 18.4 Å². The summed E-state index contributed by atoms with van der Waals surface area (Å²) in [6, 6.07) is 8.32. The third kappa shape index (κ3) is 6.09. The summed E-state index contributed by atoms with van der Waals surface area (Å²) in [5.74, 6) is -0.251. The van der Waals surface area contributed by atoms with Gasteiger partial charge < -0.3 is 10.4 Å². The minimum absolute atomic E-state index is 0.0347. The lowest BCUT2D eigenvalue weighted by Gasteiger charge is -2.31. The van der Waals surface area contributed by atoms with Gasteiger partial charge in [0.25, 0.3) is 5.91 Å². The Morgan fingerprint density at radius 1 is 1.28 bits per heavy atom. The molecular formula is C23H29NO3S2. The molecule has 2 N–H and O–H groups in total. The summed E-state index contributed by atoms with van der Waals surface area (Å²) in [7, 11) is 0. The van der Waals surface area contributed by atoms with Crippen LogP contribution in [-0.2, 0) is 4.79 Å². The van der Waals surface area contributed by atoms with Gasteiger partial charge in [0.2, 0.25) is 0 Å². The zero-order valence-corrected chi connectivity index (χ0v) is 18.5. The number of carboxylic acids is 1. The Bertz CT molecular complexity index is 874. The molecule has 1 aliphatic carbocycles. The first-order chi connectivity index (χ1) is 14.1. The molecule has 3 rings (SSSR count). The number of amides is 1. The number of fused-ring (bicyclic) bond motifs is 1. The Morgan fingerprint density at radius 3 is 2.90 bits per heavy atom. The molecule has 0 aliphatic heterocycles. The van der Waals surface area contributed by atoms with Crippen LogP contribution in [0.3, 0.4) is 0 Å². The van der Waals surface area contributed by atoms with E-state index < -0.39 is 5.97 Å². The number of carboxylic acid groups (broad SMARTS) is 1. The average molecular weight is 432 g/mol. The van der Waals surface area contributed by atoms with Crippen molar-refractivity contribution in [3.63, 3.8) is 0 Å². The Labute approximate surface area is 180 Å². The van der Waals surface area contributed by atoms with E-state index in [1.807, 2.05) is 12.1 Å². The van der Waals surface area contributed by atoms with Gasteiger partial charge in [-0.05, 0) is 61.8 Å². The topological polar surface area (TPSA) is 66.4 Å². The van der Waals surface area contributed by atoms with E-state index in [4.69, 9.17) is 5.11 Å². The predicted molar refractivity (Wildman–Crippen MR) is 122 cm³/mol. The van der Waals surface area contributed by atoms with Gasteiger partial charge in [-0.15, -0.1) is 23.1 Å². The molecule has 156 valence electrons. The summed E-state index contributed by atoms with van der Waals surface area (Å²) in [6.07, 6.45) is 13.5. The molecule has 1 aromatic carbocycles. The molecule has 1 fully saturated rings. The van der Waals surface area contributed by atoms with Crippen molar-refractivity contribution < 1.29 is 14.7 Å². The number of aliphatic carboxylic acids is 1.